The zero-order valence-corrected chi connectivity index (χ0v) is 13.8. The minimum Gasteiger partial charge on any atom is -0.373 e. The number of imide groups is 1. The Morgan fingerprint density at radius 2 is 1.68 bits per heavy atom. The number of nitrogens with one attached hydrogen (secondary N) is 1. The Hall–Kier alpha value is -1.85. The van der Waals surface area contributed by atoms with Crippen molar-refractivity contribution in [2.45, 2.75) is 12.5 Å². The molecule has 1 atom stereocenters. The quantitative estimate of drug-likeness (QED) is 0.824. The molecule has 1 aliphatic rings. The largest absolute Gasteiger partial charge is 0.373 e. The first-order chi connectivity index (χ1) is 10.5. The normalized spacial score (nSPS) is 17.9. The number of hydrogen-bond donors (Lipinski definition) is 1. The molecule has 1 saturated heterocycles. The highest BCUT2D eigenvalue weighted by atomic mass is 79.9. The van der Waals surface area contributed by atoms with Crippen molar-refractivity contribution in [1.82, 2.24) is 0 Å². The fourth-order valence-electron chi connectivity index (χ4n) is 2.35. The van der Waals surface area contributed by atoms with Gasteiger partial charge in [0.15, 0.2) is 0 Å². The van der Waals surface area contributed by atoms with Gasteiger partial charge >= 0.3 is 0 Å². The second-order valence-electron chi connectivity index (χ2n) is 4.95. The third kappa shape index (κ3) is 3.00. The molecule has 0 bridgehead atoms. The van der Waals surface area contributed by atoms with E-state index in [4.69, 9.17) is 11.6 Å². The molecule has 0 saturated carbocycles. The van der Waals surface area contributed by atoms with Gasteiger partial charge in [0.05, 0.1) is 12.1 Å². The fraction of sp³-hybridized carbons (Fsp3) is 0.125. The Morgan fingerprint density at radius 1 is 1.05 bits per heavy atom. The van der Waals surface area contributed by atoms with Gasteiger partial charge in [0.25, 0.3) is 5.91 Å². The number of carbonyl (C=O) groups is 2. The molecular formula is C16H12BrClN2O2. The molecular weight excluding hydrogens is 368 g/mol. The summed E-state index contributed by atoms with van der Waals surface area (Å²) in [6.45, 7) is 0. The van der Waals surface area contributed by atoms with Gasteiger partial charge in [-0.25, -0.2) is 4.90 Å². The molecule has 0 unspecified atom stereocenters. The van der Waals surface area contributed by atoms with Crippen LogP contribution in [0.4, 0.5) is 11.4 Å². The van der Waals surface area contributed by atoms with Crippen molar-refractivity contribution in [2.75, 3.05) is 10.2 Å². The molecule has 22 heavy (non-hydrogen) atoms. The van der Waals surface area contributed by atoms with E-state index < -0.39 is 6.04 Å². The molecule has 4 nitrogen and oxygen atoms in total. The SMILES string of the molecule is O=C1C[C@H](Nc2ccc(Br)cc2)C(=O)N1c1ccc(Cl)cc1. The second-order valence-corrected chi connectivity index (χ2v) is 6.30. The lowest BCUT2D eigenvalue weighted by atomic mass is 10.2. The van der Waals surface area contributed by atoms with E-state index in [2.05, 4.69) is 21.2 Å². The number of halogens is 2. The van der Waals surface area contributed by atoms with Gasteiger partial charge in [-0.2, -0.15) is 0 Å². The van der Waals surface area contributed by atoms with Crippen molar-refractivity contribution < 1.29 is 9.59 Å². The summed E-state index contributed by atoms with van der Waals surface area (Å²) in [5, 5.41) is 3.66. The van der Waals surface area contributed by atoms with Crippen LogP contribution < -0.4 is 10.2 Å². The number of amides is 2. The number of anilines is 2. The Balaban J connectivity index is 1.79. The van der Waals surface area contributed by atoms with Gasteiger partial charge in [-0.05, 0) is 48.5 Å². The summed E-state index contributed by atoms with van der Waals surface area (Å²) in [6, 6.07) is 13.6. The van der Waals surface area contributed by atoms with E-state index in [9.17, 15) is 9.59 Å². The van der Waals surface area contributed by atoms with Crippen LogP contribution in [0.25, 0.3) is 0 Å². The van der Waals surface area contributed by atoms with E-state index in [1.807, 2.05) is 24.3 Å². The van der Waals surface area contributed by atoms with Gasteiger partial charge in [0, 0.05) is 15.2 Å². The van der Waals surface area contributed by atoms with Gasteiger partial charge in [-0.1, -0.05) is 27.5 Å². The van der Waals surface area contributed by atoms with Crippen LogP contribution in [0.5, 0.6) is 0 Å². The molecule has 2 amide bonds. The van der Waals surface area contributed by atoms with E-state index in [0.29, 0.717) is 10.7 Å². The molecule has 2 aromatic rings. The highest BCUT2D eigenvalue weighted by molar-refractivity contribution is 9.10. The van der Waals surface area contributed by atoms with E-state index in [-0.39, 0.29) is 18.2 Å². The van der Waals surface area contributed by atoms with Crippen molar-refractivity contribution >= 4 is 50.7 Å². The first kappa shape index (κ1) is 15.1. The van der Waals surface area contributed by atoms with Crippen molar-refractivity contribution in [3.8, 4) is 0 Å². The molecule has 0 aromatic heterocycles. The molecule has 6 heteroatoms. The molecule has 1 heterocycles. The Bertz CT molecular complexity index is 716. The summed E-state index contributed by atoms with van der Waals surface area (Å²) in [5.74, 6) is -0.475. The first-order valence-electron chi connectivity index (χ1n) is 6.69. The average molecular weight is 380 g/mol. The minimum absolute atomic E-state index is 0.136. The maximum absolute atomic E-state index is 12.5. The molecule has 1 N–H and O–H groups in total. The van der Waals surface area contributed by atoms with Crippen LogP contribution in [0.1, 0.15) is 6.42 Å². The Morgan fingerprint density at radius 3 is 2.32 bits per heavy atom. The van der Waals surface area contributed by atoms with Crippen LogP contribution in [0.3, 0.4) is 0 Å². The van der Waals surface area contributed by atoms with E-state index in [1.54, 1.807) is 24.3 Å². The number of nitrogens with zero attached hydrogens (tertiary/aromatic N) is 1. The molecule has 0 radical (unpaired) electrons. The van der Waals surface area contributed by atoms with Gasteiger partial charge in [-0.15, -0.1) is 0 Å². The lowest BCUT2D eigenvalue weighted by molar-refractivity contribution is -0.121. The number of benzene rings is 2. The topological polar surface area (TPSA) is 49.4 Å². The average Bonchev–Trinajstić information content (AvgIpc) is 2.77. The van der Waals surface area contributed by atoms with Crippen LogP contribution in [-0.4, -0.2) is 17.9 Å². The highest BCUT2D eigenvalue weighted by Crippen LogP contribution is 2.26. The van der Waals surface area contributed by atoms with Crippen molar-refractivity contribution in [2.24, 2.45) is 0 Å². The molecule has 3 rings (SSSR count). The van der Waals surface area contributed by atoms with E-state index in [1.165, 1.54) is 4.90 Å². The van der Waals surface area contributed by atoms with E-state index in [0.717, 1.165) is 10.2 Å². The first-order valence-corrected chi connectivity index (χ1v) is 7.86. The number of carbonyl (C=O) groups excluding carboxylic acids is 2. The summed E-state index contributed by atoms with van der Waals surface area (Å²) in [4.78, 5) is 25.8. The minimum atomic E-state index is -0.552. The standard InChI is InChI=1S/C16H12BrClN2O2/c17-10-1-5-12(6-2-10)19-14-9-15(21)20(16(14)22)13-7-3-11(18)4-8-13/h1-8,14,19H,9H2/t14-/m0/s1. The van der Waals surface area contributed by atoms with Crippen LogP contribution in [0, 0.1) is 0 Å². The van der Waals surface area contributed by atoms with Gasteiger partial charge < -0.3 is 5.32 Å². The third-order valence-corrected chi connectivity index (χ3v) is 4.20. The predicted octanol–water partition coefficient (Wildman–Crippen LogP) is 3.85. The lowest BCUT2D eigenvalue weighted by Crippen LogP contribution is -2.34. The molecule has 0 aliphatic carbocycles. The molecule has 1 fully saturated rings. The fourth-order valence-corrected chi connectivity index (χ4v) is 2.74. The highest BCUT2D eigenvalue weighted by Gasteiger charge is 2.39. The number of hydrogen-bond acceptors (Lipinski definition) is 3. The van der Waals surface area contributed by atoms with Crippen LogP contribution in [0.2, 0.25) is 5.02 Å². The lowest BCUT2D eigenvalue weighted by Gasteiger charge is -2.16. The van der Waals surface area contributed by atoms with Crippen molar-refractivity contribution in [1.29, 1.82) is 0 Å². The van der Waals surface area contributed by atoms with Crippen LogP contribution >= 0.6 is 27.5 Å². The molecule has 2 aromatic carbocycles. The zero-order chi connectivity index (χ0) is 15.7. The Kier molecular flexibility index (Phi) is 4.18. The zero-order valence-electron chi connectivity index (χ0n) is 11.4. The molecule has 1 aliphatic heterocycles. The van der Waals surface area contributed by atoms with Gasteiger partial charge in [-0.3, -0.25) is 9.59 Å². The van der Waals surface area contributed by atoms with Crippen LogP contribution in [-0.2, 0) is 9.59 Å². The Labute approximate surface area is 141 Å². The smallest absolute Gasteiger partial charge is 0.256 e. The monoisotopic (exact) mass is 378 g/mol. The van der Waals surface area contributed by atoms with Crippen LogP contribution in [0.15, 0.2) is 53.0 Å². The van der Waals surface area contributed by atoms with Gasteiger partial charge in [0.2, 0.25) is 5.91 Å². The van der Waals surface area contributed by atoms with Crippen molar-refractivity contribution in [3.05, 3.63) is 58.0 Å². The van der Waals surface area contributed by atoms with E-state index >= 15 is 0 Å². The summed E-state index contributed by atoms with van der Waals surface area (Å²) in [5.41, 5.74) is 1.34. The maximum atomic E-state index is 12.5. The van der Waals surface area contributed by atoms with Crippen molar-refractivity contribution in [3.63, 3.8) is 0 Å². The summed E-state index contributed by atoms with van der Waals surface area (Å²) in [7, 11) is 0. The summed E-state index contributed by atoms with van der Waals surface area (Å²) in [6.07, 6.45) is 0.136. The van der Waals surface area contributed by atoms with Gasteiger partial charge in [0.1, 0.15) is 6.04 Å². The third-order valence-electron chi connectivity index (χ3n) is 3.42. The molecule has 112 valence electrons. The molecule has 0 spiro atoms. The predicted molar refractivity (Wildman–Crippen MR) is 90.1 cm³/mol. The summed E-state index contributed by atoms with van der Waals surface area (Å²) >= 11 is 9.19. The maximum Gasteiger partial charge on any atom is 0.256 e. The second kappa shape index (κ2) is 6.10. The summed E-state index contributed by atoms with van der Waals surface area (Å²) < 4.78 is 0.953. The number of rotatable bonds is 3.